The maximum absolute atomic E-state index is 13.9. The minimum absolute atomic E-state index is 0.0554. The van der Waals surface area contributed by atoms with E-state index in [0.717, 1.165) is 68.8 Å². The van der Waals surface area contributed by atoms with Gasteiger partial charge in [0.15, 0.2) is 18.2 Å². The van der Waals surface area contributed by atoms with Crippen LogP contribution in [0.2, 0.25) is 0 Å². The summed E-state index contributed by atoms with van der Waals surface area (Å²) in [7, 11) is -4.57. The molecule has 1 spiro atoms. The first kappa shape index (κ1) is 45.8. The highest BCUT2D eigenvalue weighted by molar-refractivity contribution is 7.90. The second-order valence-electron chi connectivity index (χ2n) is 19.1. The molecule has 6 saturated heterocycles. The lowest BCUT2D eigenvalue weighted by Crippen LogP contribution is -2.70. The van der Waals surface area contributed by atoms with Crippen molar-refractivity contribution in [2.45, 2.75) is 88.2 Å². The molecule has 2 aromatic carbocycles. The quantitative estimate of drug-likeness (QED) is 0.0692. The number of benzene rings is 2. The predicted molar refractivity (Wildman–Crippen MR) is 244 cm³/mol. The van der Waals surface area contributed by atoms with E-state index in [2.05, 4.69) is 43.7 Å². The van der Waals surface area contributed by atoms with Crippen LogP contribution in [0, 0.1) is 39.7 Å². The Hall–Kier alpha value is -4.93. The summed E-state index contributed by atoms with van der Waals surface area (Å²) in [5.41, 5.74) is 0.498. The van der Waals surface area contributed by atoms with Gasteiger partial charge in [0.25, 0.3) is 21.6 Å². The standard InChI is InChI=1S/C47H59N7O12S/c1-29-4-8-38-30(2)44(63-45-47(38)37(29)10-14-46(3,64-45)65-66-47)61-23-20-52-16-18-53(19-17-52)33-5-7-36(41(25-33)62-34-24-32-11-15-48-42(32)50-28-34)43(55)51-67(58,59)35-6-9-39(40(26-35)54(56)57)49-27-31-12-21-60-22-13-31/h5-7,9,11,15,24-26,28-31,37-38,44-45,49H,4,8,10,12-14,16-23,27H2,1-3H3,(H,48,50)(H,51,55)/t29-,30-,37+,38+,44+,45-,46-,47-/m1/s1. The number of carbonyl (C=O) groups excluding carboxylic acids is 1. The fraction of sp³-hybridized carbons (Fsp3) is 0.574. The van der Waals surface area contributed by atoms with Crippen molar-refractivity contribution in [1.82, 2.24) is 19.6 Å². The summed E-state index contributed by atoms with van der Waals surface area (Å²) >= 11 is 0. The molecule has 2 aromatic heterocycles. The Bertz CT molecular complexity index is 2590. The van der Waals surface area contributed by atoms with E-state index in [-0.39, 0.29) is 40.7 Å². The molecule has 8 atom stereocenters. The Morgan fingerprint density at radius 1 is 1.00 bits per heavy atom. The number of aromatic amines is 1. The van der Waals surface area contributed by atoms with Crippen molar-refractivity contribution in [3.63, 3.8) is 0 Å². The fourth-order valence-corrected chi connectivity index (χ4v) is 12.1. The molecule has 1 amide bonds. The van der Waals surface area contributed by atoms with E-state index in [1.165, 1.54) is 24.4 Å². The van der Waals surface area contributed by atoms with E-state index < -0.39 is 55.4 Å². The minimum atomic E-state index is -4.57. The molecule has 19 nitrogen and oxygen atoms in total. The molecule has 3 N–H and O–H groups in total. The number of nitro groups is 1. The van der Waals surface area contributed by atoms with Crippen molar-refractivity contribution in [3.05, 3.63) is 76.6 Å². The lowest BCUT2D eigenvalue weighted by molar-refractivity contribution is -0.577. The van der Waals surface area contributed by atoms with Gasteiger partial charge in [0, 0.05) is 100 Å². The molecule has 360 valence electrons. The maximum Gasteiger partial charge on any atom is 0.293 e. The highest BCUT2D eigenvalue weighted by Gasteiger charge is 2.69. The Kier molecular flexibility index (Phi) is 12.7. The number of aromatic nitrogens is 2. The van der Waals surface area contributed by atoms with E-state index in [1.807, 2.05) is 13.0 Å². The summed E-state index contributed by atoms with van der Waals surface area (Å²) in [4.78, 5) is 49.2. The molecule has 8 heterocycles. The second-order valence-corrected chi connectivity index (χ2v) is 20.8. The second kappa shape index (κ2) is 18.5. The Balaban J connectivity index is 0.799. The Morgan fingerprint density at radius 2 is 1.82 bits per heavy atom. The zero-order valence-corrected chi connectivity index (χ0v) is 38.8. The molecule has 11 rings (SSSR count). The lowest BCUT2D eigenvalue weighted by atomic mass is 9.58. The summed E-state index contributed by atoms with van der Waals surface area (Å²) in [6.07, 6.45) is 7.75. The summed E-state index contributed by atoms with van der Waals surface area (Å²) in [5, 5.41) is 16.0. The van der Waals surface area contributed by atoms with Gasteiger partial charge in [0.05, 0.1) is 28.2 Å². The minimum Gasteiger partial charge on any atom is -0.455 e. The first-order chi connectivity index (χ1) is 32.3. The third-order valence-corrected chi connectivity index (χ3v) is 16.3. The van der Waals surface area contributed by atoms with E-state index in [0.29, 0.717) is 63.3 Å². The zero-order valence-electron chi connectivity index (χ0n) is 38.0. The highest BCUT2D eigenvalue weighted by Crippen LogP contribution is 2.60. The van der Waals surface area contributed by atoms with Gasteiger partial charge >= 0.3 is 0 Å². The average Bonchev–Trinajstić information content (AvgIpc) is 3.68. The van der Waals surface area contributed by atoms with Crippen molar-refractivity contribution in [2.24, 2.45) is 29.6 Å². The van der Waals surface area contributed by atoms with Gasteiger partial charge in [-0.2, -0.15) is 0 Å². The normalized spacial score (nSPS) is 30.1. The first-order valence-corrected chi connectivity index (χ1v) is 25.0. The number of amides is 1. The molecule has 7 aliphatic rings. The molecule has 1 aliphatic carbocycles. The number of nitrogens with one attached hydrogen (secondary N) is 3. The number of hydrogen-bond acceptors (Lipinski definition) is 16. The van der Waals surface area contributed by atoms with Crippen molar-refractivity contribution < 1.29 is 51.6 Å². The SMILES string of the molecule is C[C@H]1[C@@H](OCCN2CCN(c3ccc(C(=O)NS(=O)(=O)c4ccc(NCC5CCOCC5)c([N+](=O)[O-])c4)c(Oc4cnc5[nH]ccc5c4)c3)CC2)O[C@@H]2O[C@@]3(C)CC[C@H]4[C@H](C)CC[C@@H]1[C@@]24OO3. The van der Waals surface area contributed by atoms with E-state index in [1.54, 1.807) is 24.4 Å². The van der Waals surface area contributed by atoms with Crippen LogP contribution in [0.4, 0.5) is 17.1 Å². The topological polar surface area (TPSA) is 218 Å². The molecule has 67 heavy (non-hydrogen) atoms. The molecular weight excluding hydrogens is 887 g/mol. The van der Waals surface area contributed by atoms with Gasteiger partial charge in [0.2, 0.25) is 5.79 Å². The number of carbonyl (C=O) groups is 1. The number of rotatable bonds is 14. The van der Waals surface area contributed by atoms with Gasteiger partial charge < -0.3 is 38.9 Å². The predicted octanol–water partition coefficient (Wildman–Crippen LogP) is 6.57. The molecule has 0 unspecified atom stereocenters. The number of piperazine rings is 1. The smallest absolute Gasteiger partial charge is 0.293 e. The van der Waals surface area contributed by atoms with Crippen LogP contribution in [-0.2, 0) is 38.7 Å². The largest absolute Gasteiger partial charge is 0.455 e. The number of H-pyrrole nitrogens is 1. The molecule has 6 aliphatic heterocycles. The van der Waals surface area contributed by atoms with Crippen LogP contribution in [0.15, 0.2) is 65.8 Å². The summed E-state index contributed by atoms with van der Waals surface area (Å²) in [5.74, 6) is -0.0671. The fourth-order valence-electron chi connectivity index (χ4n) is 11.1. The van der Waals surface area contributed by atoms with Gasteiger partial charge in [-0.3, -0.25) is 19.8 Å². The van der Waals surface area contributed by atoms with Crippen molar-refractivity contribution >= 4 is 44.0 Å². The molecule has 2 bridgehead atoms. The monoisotopic (exact) mass is 945 g/mol. The molecule has 20 heteroatoms. The first-order valence-electron chi connectivity index (χ1n) is 23.5. The number of anilines is 2. The van der Waals surface area contributed by atoms with Gasteiger partial charge in [0.1, 0.15) is 22.8 Å². The van der Waals surface area contributed by atoms with E-state index in [4.69, 9.17) is 33.5 Å². The van der Waals surface area contributed by atoms with Crippen LogP contribution < -0.4 is 19.7 Å². The summed E-state index contributed by atoms with van der Waals surface area (Å²) in [6, 6.07) is 12.1. The number of nitro benzene ring substituents is 1. The maximum atomic E-state index is 13.9. The van der Waals surface area contributed by atoms with Crippen molar-refractivity contribution in [1.29, 1.82) is 0 Å². The van der Waals surface area contributed by atoms with Gasteiger partial charge in [-0.1, -0.05) is 13.8 Å². The van der Waals surface area contributed by atoms with Crippen LogP contribution >= 0.6 is 0 Å². The van der Waals surface area contributed by atoms with E-state index in [9.17, 15) is 23.3 Å². The Labute approximate surface area is 389 Å². The number of ether oxygens (including phenoxy) is 5. The number of nitrogens with zero attached hydrogens (tertiary/aromatic N) is 4. The zero-order chi connectivity index (χ0) is 46.5. The molecule has 4 aromatic rings. The number of hydrogen-bond donors (Lipinski definition) is 3. The lowest BCUT2D eigenvalue weighted by Gasteiger charge is -2.60. The highest BCUT2D eigenvalue weighted by atomic mass is 32.2. The van der Waals surface area contributed by atoms with Crippen LogP contribution in [0.25, 0.3) is 11.0 Å². The third-order valence-electron chi connectivity index (χ3n) is 15.0. The molecule has 7 fully saturated rings. The third kappa shape index (κ3) is 9.09. The summed E-state index contributed by atoms with van der Waals surface area (Å²) in [6.45, 7) is 12.1. The van der Waals surface area contributed by atoms with Gasteiger partial charge in [-0.25, -0.2) is 27.9 Å². The number of fused-ring (bicyclic) bond motifs is 3. The van der Waals surface area contributed by atoms with Gasteiger partial charge in [-0.15, -0.1) is 0 Å². The van der Waals surface area contributed by atoms with Crippen molar-refractivity contribution in [2.75, 3.05) is 69.3 Å². The van der Waals surface area contributed by atoms with Crippen LogP contribution in [0.3, 0.4) is 0 Å². The van der Waals surface area contributed by atoms with Gasteiger partial charge in [-0.05, 0) is 93.2 Å². The Morgan fingerprint density at radius 3 is 2.63 bits per heavy atom. The van der Waals surface area contributed by atoms with Crippen LogP contribution in [0.5, 0.6) is 11.5 Å². The average molecular weight is 946 g/mol. The van der Waals surface area contributed by atoms with Crippen LogP contribution in [-0.4, -0.2) is 117 Å². The van der Waals surface area contributed by atoms with Crippen LogP contribution in [0.1, 0.15) is 69.7 Å². The summed E-state index contributed by atoms with van der Waals surface area (Å²) < 4.78 is 60.9. The molecule has 0 radical (unpaired) electrons. The molecule has 1 saturated carbocycles. The number of sulfonamides is 1. The van der Waals surface area contributed by atoms with Crippen molar-refractivity contribution in [3.8, 4) is 11.5 Å². The number of pyridine rings is 1. The van der Waals surface area contributed by atoms with E-state index >= 15 is 0 Å². The molecular formula is C47H59N7O12S.